The molecule has 22 heavy (non-hydrogen) atoms. The molecule has 2 aromatic rings. The van der Waals surface area contributed by atoms with E-state index in [4.69, 9.17) is 11.6 Å². The molecule has 4 nitrogen and oxygen atoms in total. The van der Waals surface area contributed by atoms with Crippen LogP contribution in [-0.2, 0) is 14.6 Å². The molecule has 6 heteroatoms. The van der Waals surface area contributed by atoms with Crippen LogP contribution in [0.1, 0.15) is 11.1 Å². The number of halogens is 1. The van der Waals surface area contributed by atoms with Crippen LogP contribution in [0.3, 0.4) is 0 Å². The molecule has 0 saturated carbocycles. The van der Waals surface area contributed by atoms with Crippen molar-refractivity contribution in [1.29, 1.82) is 0 Å². The van der Waals surface area contributed by atoms with E-state index in [1.165, 1.54) is 6.07 Å². The molecular formula is C16H12ClNO3S. The molecule has 1 amide bonds. The number of hydrogen-bond acceptors (Lipinski definition) is 3. The van der Waals surface area contributed by atoms with Crippen molar-refractivity contribution >= 4 is 44.7 Å². The first-order valence-corrected chi connectivity index (χ1v) is 8.74. The lowest BCUT2D eigenvalue weighted by atomic mass is 10.0. The van der Waals surface area contributed by atoms with E-state index in [9.17, 15) is 13.2 Å². The molecule has 3 rings (SSSR count). The number of fused-ring (bicyclic) bond motifs is 1. The molecule has 1 aliphatic rings. The van der Waals surface area contributed by atoms with Crippen LogP contribution in [0.4, 0.5) is 5.69 Å². The minimum atomic E-state index is -3.29. The highest BCUT2D eigenvalue weighted by atomic mass is 35.5. The Morgan fingerprint density at radius 1 is 1.14 bits per heavy atom. The summed E-state index contributed by atoms with van der Waals surface area (Å²) in [6.07, 6.45) is 2.82. The number of benzene rings is 2. The second kappa shape index (κ2) is 5.26. The molecule has 1 aliphatic heterocycles. The maximum Gasteiger partial charge on any atom is 0.256 e. The van der Waals surface area contributed by atoms with Gasteiger partial charge in [-0.15, -0.1) is 0 Å². The van der Waals surface area contributed by atoms with E-state index < -0.39 is 9.84 Å². The lowest BCUT2D eigenvalue weighted by Gasteiger charge is -2.02. The van der Waals surface area contributed by atoms with Crippen molar-refractivity contribution in [3.63, 3.8) is 0 Å². The smallest absolute Gasteiger partial charge is 0.256 e. The Bertz CT molecular complexity index is 917. The second-order valence-corrected chi connectivity index (χ2v) is 7.50. The highest BCUT2D eigenvalue weighted by molar-refractivity contribution is 7.90. The standard InChI is InChI=1S/C16H12ClNO3S/c1-22(20,21)12-4-2-3-10(7-12)8-14-13-6-5-11(17)9-15(13)18-16(14)19/h2-9H,1H3,(H,18,19)/b14-8+. The fourth-order valence-corrected chi connectivity index (χ4v) is 3.16. The number of carbonyl (C=O) groups excluding carboxylic acids is 1. The molecule has 0 aromatic heterocycles. The van der Waals surface area contributed by atoms with Gasteiger partial charge in [0, 0.05) is 22.4 Å². The SMILES string of the molecule is CS(=O)(=O)c1cccc(/C=C2/C(=O)Nc3cc(Cl)ccc32)c1. The third-order valence-corrected chi connectivity index (χ3v) is 4.71. The molecule has 0 atom stereocenters. The summed E-state index contributed by atoms with van der Waals surface area (Å²) in [7, 11) is -3.29. The van der Waals surface area contributed by atoms with Gasteiger partial charge in [-0.1, -0.05) is 29.8 Å². The molecule has 2 aromatic carbocycles. The molecule has 0 radical (unpaired) electrons. The number of nitrogens with one attached hydrogen (secondary N) is 1. The van der Waals surface area contributed by atoms with Gasteiger partial charge in [-0.25, -0.2) is 8.42 Å². The fraction of sp³-hybridized carbons (Fsp3) is 0.0625. The van der Waals surface area contributed by atoms with Gasteiger partial charge in [0.25, 0.3) is 5.91 Å². The van der Waals surface area contributed by atoms with Crippen LogP contribution in [-0.4, -0.2) is 20.6 Å². The Balaban J connectivity index is 2.09. The van der Waals surface area contributed by atoms with E-state index in [1.54, 1.807) is 42.5 Å². The van der Waals surface area contributed by atoms with E-state index in [0.29, 0.717) is 21.8 Å². The number of carbonyl (C=O) groups is 1. The van der Waals surface area contributed by atoms with E-state index in [0.717, 1.165) is 11.8 Å². The largest absolute Gasteiger partial charge is 0.321 e. The van der Waals surface area contributed by atoms with Gasteiger partial charge >= 0.3 is 0 Å². The molecule has 0 saturated heterocycles. The lowest BCUT2D eigenvalue weighted by molar-refractivity contribution is -0.110. The molecule has 112 valence electrons. The Kier molecular flexibility index (Phi) is 3.54. The molecule has 0 spiro atoms. The normalized spacial score (nSPS) is 15.7. The van der Waals surface area contributed by atoms with Crippen molar-refractivity contribution < 1.29 is 13.2 Å². The highest BCUT2D eigenvalue weighted by Gasteiger charge is 2.24. The summed E-state index contributed by atoms with van der Waals surface area (Å²) < 4.78 is 23.2. The first kappa shape index (κ1) is 14.8. The zero-order chi connectivity index (χ0) is 15.9. The van der Waals surface area contributed by atoms with Gasteiger partial charge < -0.3 is 5.32 Å². The Hall–Kier alpha value is -2.11. The lowest BCUT2D eigenvalue weighted by Crippen LogP contribution is -2.03. The van der Waals surface area contributed by atoms with Crippen LogP contribution in [0, 0.1) is 0 Å². The quantitative estimate of drug-likeness (QED) is 0.858. The number of sulfone groups is 1. The van der Waals surface area contributed by atoms with Crippen molar-refractivity contribution in [3.8, 4) is 0 Å². The summed E-state index contributed by atoms with van der Waals surface area (Å²) in [5, 5.41) is 3.28. The number of amides is 1. The maximum absolute atomic E-state index is 12.1. The summed E-state index contributed by atoms with van der Waals surface area (Å²) in [4.78, 5) is 12.3. The fourth-order valence-electron chi connectivity index (χ4n) is 2.31. The van der Waals surface area contributed by atoms with E-state index in [1.807, 2.05) is 0 Å². The van der Waals surface area contributed by atoms with Crippen LogP contribution < -0.4 is 5.32 Å². The van der Waals surface area contributed by atoms with Crippen LogP contribution in [0.25, 0.3) is 11.6 Å². The van der Waals surface area contributed by atoms with Gasteiger partial charge in [-0.3, -0.25) is 4.79 Å². The van der Waals surface area contributed by atoms with Gasteiger partial charge in [0.2, 0.25) is 0 Å². The van der Waals surface area contributed by atoms with Gasteiger partial charge in [0.15, 0.2) is 9.84 Å². The van der Waals surface area contributed by atoms with Crippen molar-refractivity contribution in [2.45, 2.75) is 4.90 Å². The number of rotatable bonds is 2. The van der Waals surface area contributed by atoms with Crippen LogP contribution >= 0.6 is 11.6 Å². The van der Waals surface area contributed by atoms with Gasteiger partial charge in [0.1, 0.15) is 0 Å². The summed E-state index contributed by atoms with van der Waals surface area (Å²) in [5.41, 5.74) is 2.54. The highest BCUT2D eigenvalue weighted by Crippen LogP contribution is 2.35. The van der Waals surface area contributed by atoms with E-state index in [2.05, 4.69) is 5.32 Å². The van der Waals surface area contributed by atoms with Gasteiger partial charge in [-0.05, 0) is 35.9 Å². The number of anilines is 1. The summed E-state index contributed by atoms with van der Waals surface area (Å²) in [5.74, 6) is -0.234. The van der Waals surface area contributed by atoms with Crippen molar-refractivity contribution in [2.24, 2.45) is 0 Å². The van der Waals surface area contributed by atoms with Crippen LogP contribution in [0.5, 0.6) is 0 Å². The Morgan fingerprint density at radius 3 is 2.64 bits per heavy atom. The first-order valence-electron chi connectivity index (χ1n) is 6.48. The third kappa shape index (κ3) is 2.77. The summed E-state index contributed by atoms with van der Waals surface area (Å²) >= 11 is 5.91. The predicted molar refractivity (Wildman–Crippen MR) is 87.5 cm³/mol. The molecule has 0 fully saturated rings. The second-order valence-electron chi connectivity index (χ2n) is 5.05. The molecular weight excluding hydrogens is 322 g/mol. The zero-order valence-corrected chi connectivity index (χ0v) is 13.2. The molecule has 0 aliphatic carbocycles. The van der Waals surface area contributed by atoms with Gasteiger partial charge in [0.05, 0.1) is 10.6 Å². The molecule has 0 unspecified atom stereocenters. The minimum Gasteiger partial charge on any atom is -0.321 e. The van der Waals surface area contributed by atoms with E-state index >= 15 is 0 Å². The number of hydrogen-bond donors (Lipinski definition) is 1. The monoisotopic (exact) mass is 333 g/mol. The van der Waals surface area contributed by atoms with Crippen molar-refractivity contribution in [2.75, 3.05) is 11.6 Å². The maximum atomic E-state index is 12.1. The van der Waals surface area contributed by atoms with Crippen LogP contribution in [0.15, 0.2) is 47.4 Å². The summed E-state index contributed by atoms with van der Waals surface area (Å²) in [6, 6.07) is 11.6. The minimum absolute atomic E-state index is 0.219. The first-order chi connectivity index (χ1) is 10.3. The van der Waals surface area contributed by atoms with Crippen molar-refractivity contribution in [3.05, 3.63) is 58.6 Å². The van der Waals surface area contributed by atoms with E-state index in [-0.39, 0.29) is 10.8 Å². The Morgan fingerprint density at radius 2 is 1.91 bits per heavy atom. The summed E-state index contributed by atoms with van der Waals surface area (Å²) in [6.45, 7) is 0. The topological polar surface area (TPSA) is 63.2 Å². The van der Waals surface area contributed by atoms with Crippen molar-refractivity contribution in [1.82, 2.24) is 0 Å². The average molecular weight is 334 g/mol. The predicted octanol–water partition coefficient (Wildman–Crippen LogP) is 3.24. The average Bonchev–Trinajstić information content (AvgIpc) is 2.74. The molecule has 1 heterocycles. The Labute approximate surface area is 133 Å². The molecule has 1 N–H and O–H groups in total. The third-order valence-electron chi connectivity index (χ3n) is 3.36. The molecule has 0 bridgehead atoms. The van der Waals surface area contributed by atoms with Crippen LogP contribution in [0.2, 0.25) is 5.02 Å². The van der Waals surface area contributed by atoms with Gasteiger partial charge in [-0.2, -0.15) is 0 Å². The zero-order valence-electron chi connectivity index (χ0n) is 11.6.